The summed E-state index contributed by atoms with van der Waals surface area (Å²) in [5.74, 6) is 0.442. The first-order valence-electron chi connectivity index (χ1n) is 4.83. The Balaban J connectivity index is 2.13. The van der Waals surface area contributed by atoms with Crippen LogP contribution in [0.25, 0.3) is 0 Å². The Kier molecular flexibility index (Phi) is 1.97. The van der Waals surface area contributed by atoms with Crippen molar-refractivity contribution in [3.05, 3.63) is 12.7 Å². The van der Waals surface area contributed by atoms with Crippen LogP contribution in [0.4, 0.5) is 0 Å². The van der Waals surface area contributed by atoms with Crippen molar-refractivity contribution in [2.24, 2.45) is 5.92 Å². The average molecular weight is 167 g/mol. The standard InChI is InChI=1S/C10H17NO/c1-2-10(12)5-7-11-6-3-4-9(10)8-11/h2,9,12H,1,3-8H2. The van der Waals surface area contributed by atoms with Crippen LogP contribution in [0.2, 0.25) is 0 Å². The quantitative estimate of drug-likeness (QED) is 0.589. The van der Waals surface area contributed by atoms with Gasteiger partial charge in [-0.15, -0.1) is 6.58 Å². The summed E-state index contributed by atoms with van der Waals surface area (Å²) >= 11 is 0. The lowest BCUT2D eigenvalue weighted by molar-refractivity contribution is -0.0553. The van der Waals surface area contributed by atoms with E-state index in [1.165, 1.54) is 19.4 Å². The lowest BCUT2D eigenvalue weighted by Crippen LogP contribution is -2.53. The van der Waals surface area contributed by atoms with E-state index in [2.05, 4.69) is 11.5 Å². The summed E-state index contributed by atoms with van der Waals surface area (Å²) in [5, 5.41) is 10.1. The molecule has 2 saturated heterocycles. The van der Waals surface area contributed by atoms with E-state index in [1.807, 2.05) is 0 Å². The van der Waals surface area contributed by atoms with Gasteiger partial charge in [0.2, 0.25) is 0 Å². The molecule has 2 rings (SSSR count). The second-order valence-electron chi connectivity index (χ2n) is 4.09. The lowest BCUT2D eigenvalue weighted by Gasteiger charge is -2.46. The molecule has 3 atom stereocenters. The number of hydrogen-bond donors (Lipinski definition) is 1. The third-order valence-corrected chi connectivity index (χ3v) is 3.39. The van der Waals surface area contributed by atoms with Gasteiger partial charge in [0.15, 0.2) is 0 Å². The van der Waals surface area contributed by atoms with E-state index >= 15 is 0 Å². The average Bonchev–Trinajstić information content (AvgIpc) is 2.13. The number of hydrogen-bond acceptors (Lipinski definition) is 2. The lowest BCUT2D eigenvalue weighted by atomic mass is 9.76. The highest BCUT2D eigenvalue weighted by molar-refractivity contribution is 5.05. The zero-order valence-corrected chi connectivity index (χ0v) is 7.50. The number of piperidine rings is 2. The maximum absolute atomic E-state index is 10.1. The molecule has 2 bridgehead atoms. The number of aliphatic hydroxyl groups is 1. The molecule has 2 fully saturated rings. The van der Waals surface area contributed by atoms with Crippen LogP contribution in [-0.4, -0.2) is 35.2 Å². The SMILES string of the molecule is C=CC1(O)CCN2CCCC1C2. The van der Waals surface area contributed by atoms with Gasteiger partial charge in [0.1, 0.15) is 0 Å². The third kappa shape index (κ3) is 1.19. The number of rotatable bonds is 1. The number of nitrogens with zero attached hydrogens (tertiary/aromatic N) is 1. The molecule has 0 aromatic carbocycles. The molecule has 0 aliphatic carbocycles. The topological polar surface area (TPSA) is 23.5 Å². The van der Waals surface area contributed by atoms with Crippen LogP contribution >= 0.6 is 0 Å². The second kappa shape index (κ2) is 2.86. The van der Waals surface area contributed by atoms with Gasteiger partial charge in [0, 0.05) is 19.0 Å². The van der Waals surface area contributed by atoms with E-state index in [0.29, 0.717) is 5.92 Å². The van der Waals surface area contributed by atoms with E-state index in [0.717, 1.165) is 19.5 Å². The Bertz CT molecular complexity index is 192. The van der Waals surface area contributed by atoms with Crippen molar-refractivity contribution < 1.29 is 5.11 Å². The zero-order chi connectivity index (χ0) is 8.60. The van der Waals surface area contributed by atoms with E-state index in [9.17, 15) is 5.11 Å². The zero-order valence-electron chi connectivity index (χ0n) is 7.50. The van der Waals surface area contributed by atoms with Gasteiger partial charge >= 0.3 is 0 Å². The molecule has 0 aromatic rings. The van der Waals surface area contributed by atoms with Gasteiger partial charge in [-0.3, -0.25) is 0 Å². The summed E-state index contributed by atoms with van der Waals surface area (Å²) in [6, 6.07) is 0. The van der Waals surface area contributed by atoms with E-state index in [1.54, 1.807) is 6.08 Å². The normalized spacial score (nSPS) is 47.1. The van der Waals surface area contributed by atoms with Gasteiger partial charge in [-0.1, -0.05) is 6.08 Å². The molecule has 0 spiro atoms. The van der Waals surface area contributed by atoms with Crippen molar-refractivity contribution in [1.82, 2.24) is 4.90 Å². The molecule has 68 valence electrons. The smallest absolute Gasteiger partial charge is 0.0877 e. The Morgan fingerprint density at radius 2 is 2.33 bits per heavy atom. The van der Waals surface area contributed by atoms with Crippen LogP contribution in [0.5, 0.6) is 0 Å². The Labute approximate surface area is 73.9 Å². The predicted octanol–water partition coefficient (Wildman–Crippen LogP) is 1.02. The molecule has 2 heteroatoms. The number of fused-ring (bicyclic) bond motifs is 2. The van der Waals surface area contributed by atoms with E-state index in [-0.39, 0.29) is 0 Å². The van der Waals surface area contributed by atoms with Gasteiger partial charge in [0.05, 0.1) is 5.60 Å². The fourth-order valence-corrected chi connectivity index (χ4v) is 2.48. The van der Waals surface area contributed by atoms with Gasteiger partial charge in [-0.25, -0.2) is 0 Å². The fraction of sp³-hybridized carbons (Fsp3) is 0.800. The summed E-state index contributed by atoms with van der Waals surface area (Å²) < 4.78 is 0. The minimum absolute atomic E-state index is 0.442. The maximum atomic E-state index is 10.1. The Hall–Kier alpha value is -0.340. The first kappa shape index (κ1) is 8.27. The van der Waals surface area contributed by atoms with Crippen molar-refractivity contribution in [1.29, 1.82) is 0 Å². The summed E-state index contributed by atoms with van der Waals surface area (Å²) in [6.07, 6.45) is 5.03. The fourth-order valence-electron chi connectivity index (χ4n) is 2.48. The molecule has 3 unspecified atom stereocenters. The first-order valence-corrected chi connectivity index (χ1v) is 4.83. The highest BCUT2D eigenvalue weighted by atomic mass is 16.3. The molecule has 2 aliphatic rings. The van der Waals surface area contributed by atoms with Crippen molar-refractivity contribution >= 4 is 0 Å². The molecule has 2 aliphatic heterocycles. The van der Waals surface area contributed by atoms with Crippen LogP contribution < -0.4 is 0 Å². The van der Waals surface area contributed by atoms with E-state index < -0.39 is 5.60 Å². The molecule has 0 radical (unpaired) electrons. The van der Waals surface area contributed by atoms with Gasteiger partial charge < -0.3 is 10.0 Å². The predicted molar refractivity (Wildman–Crippen MR) is 48.9 cm³/mol. The Morgan fingerprint density at radius 1 is 1.50 bits per heavy atom. The molecule has 0 amide bonds. The largest absolute Gasteiger partial charge is 0.385 e. The van der Waals surface area contributed by atoms with Crippen LogP contribution in [0.1, 0.15) is 19.3 Å². The highest BCUT2D eigenvalue weighted by Crippen LogP contribution is 2.35. The van der Waals surface area contributed by atoms with Crippen molar-refractivity contribution in [3.8, 4) is 0 Å². The molecular weight excluding hydrogens is 150 g/mol. The van der Waals surface area contributed by atoms with Crippen LogP contribution in [0.3, 0.4) is 0 Å². The van der Waals surface area contributed by atoms with E-state index in [4.69, 9.17) is 0 Å². The first-order chi connectivity index (χ1) is 5.74. The van der Waals surface area contributed by atoms with Crippen LogP contribution in [-0.2, 0) is 0 Å². The maximum Gasteiger partial charge on any atom is 0.0877 e. The molecule has 0 aromatic heterocycles. The summed E-state index contributed by atoms with van der Waals surface area (Å²) in [7, 11) is 0. The van der Waals surface area contributed by atoms with Crippen LogP contribution in [0.15, 0.2) is 12.7 Å². The molecule has 0 saturated carbocycles. The van der Waals surface area contributed by atoms with Crippen molar-refractivity contribution in [3.63, 3.8) is 0 Å². The van der Waals surface area contributed by atoms with Crippen LogP contribution in [0, 0.1) is 5.92 Å². The minimum Gasteiger partial charge on any atom is -0.385 e. The van der Waals surface area contributed by atoms with Gasteiger partial charge in [-0.05, 0) is 25.8 Å². The Morgan fingerprint density at radius 3 is 3.08 bits per heavy atom. The monoisotopic (exact) mass is 167 g/mol. The van der Waals surface area contributed by atoms with Gasteiger partial charge in [0.25, 0.3) is 0 Å². The molecule has 1 N–H and O–H groups in total. The highest BCUT2D eigenvalue weighted by Gasteiger charge is 2.40. The summed E-state index contributed by atoms with van der Waals surface area (Å²) in [6.45, 7) is 7.07. The van der Waals surface area contributed by atoms with Crippen molar-refractivity contribution in [2.45, 2.75) is 24.9 Å². The second-order valence-corrected chi connectivity index (χ2v) is 4.09. The summed E-state index contributed by atoms with van der Waals surface area (Å²) in [4.78, 5) is 2.45. The van der Waals surface area contributed by atoms with Gasteiger partial charge in [-0.2, -0.15) is 0 Å². The molecular formula is C10H17NO. The third-order valence-electron chi connectivity index (χ3n) is 3.39. The minimum atomic E-state index is -0.559. The van der Waals surface area contributed by atoms with Crippen molar-refractivity contribution in [2.75, 3.05) is 19.6 Å². The molecule has 2 nitrogen and oxygen atoms in total. The summed E-state index contributed by atoms with van der Waals surface area (Å²) in [5.41, 5.74) is -0.559. The molecule has 12 heavy (non-hydrogen) atoms. The molecule has 2 heterocycles.